The summed E-state index contributed by atoms with van der Waals surface area (Å²) < 4.78 is 0. The zero-order chi connectivity index (χ0) is 13.7. The summed E-state index contributed by atoms with van der Waals surface area (Å²) in [5, 5.41) is 0. The van der Waals surface area contributed by atoms with E-state index < -0.39 is 0 Å². The van der Waals surface area contributed by atoms with Crippen LogP contribution in [-0.2, 0) is 19.3 Å². The van der Waals surface area contributed by atoms with Crippen LogP contribution in [0.3, 0.4) is 0 Å². The third-order valence-electron chi connectivity index (χ3n) is 5.09. The van der Waals surface area contributed by atoms with Gasteiger partial charge in [0.25, 0.3) is 0 Å². The van der Waals surface area contributed by atoms with Gasteiger partial charge in [-0.05, 0) is 65.5 Å². The molecule has 0 saturated heterocycles. The van der Waals surface area contributed by atoms with Crippen molar-refractivity contribution in [2.75, 3.05) is 0 Å². The van der Waals surface area contributed by atoms with Crippen LogP contribution in [0.15, 0.2) is 42.0 Å². The Kier molecular flexibility index (Phi) is 2.60. The maximum Gasteiger partial charge on any atom is -0.0146 e. The second-order valence-electron chi connectivity index (χ2n) is 6.31. The van der Waals surface area contributed by atoms with Crippen molar-refractivity contribution < 1.29 is 0 Å². The topological polar surface area (TPSA) is 0 Å². The molecule has 2 aromatic rings. The summed E-state index contributed by atoms with van der Waals surface area (Å²) in [5.74, 6) is 0.686. The van der Waals surface area contributed by atoms with Gasteiger partial charge < -0.3 is 0 Å². The Balaban J connectivity index is 1.95. The first-order valence-corrected chi connectivity index (χ1v) is 7.65. The summed E-state index contributed by atoms with van der Waals surface area (Å²) in [6.45, 7) is 4.62. The van der Waals surface area contributed by atoms with Crippen molar-refractivity contribution in [1.29, 1.82) is 0 Å². The number of aryl methyl sites for hydroxylation is 1. The molecule has 1 atom stereocenters. The van der Waals surface area contributed by atoms with E-state index in [2.05, 4.69) is 56.3 Å². The van der Waals surface area contributed by atoms with Crippen LogP contribution in [0.1, 0.15) is 36.1 Å². The fraction of sp³-hybridized carbons (Fsp3) is 0.300. The van der Waals surface area contributed by atoms with Crippen molar-refractivity contribution in [2.24, 2.45) is 5.92 Å². The molecule has 20 heavy (non-hydrogen) atoms. The SMILES string of the molecule is CC1=Cc2ccc3c(c2CC1C)CCc1ccccc1-3. The summed E-state index contributed by atoms with van der Waals surface area (Å²) in [7, 11) is 0. The molecule has 0 fully saturated rings. The Hall–Kier alpha value is -1.82. The zero-order valence-electron chi connectivity index (χ0n) is 12.2. The summed E-state index contributed by atoms with van der Waals surface area (Å²) in [6.07, 6.45) is 6.00. The van der Waals surface area contributed by atoms with E-state index in [1.54, 1.807) is 11.1 Å². The number of fused-ring (bicyclic) bond motifs is 5. The molecule has 0 radical (unpaired) electrons. The van der Waals surface area contributed by atoms with E-state index in [1.807, 2.05) is 0 Å². The van der Waals surface area contributed by atoms with Gasteiger partial charge in [0, 0.05) is 0 Å². The van der Waals surface area contributed by atoms with Gasteiger partial charge in [0.2, 0.25) is 0 Å². The molecule has 0 heteroatoms. The summed E-state index contributed by atoms with van der Waals surface area (Å²) in [6, 6.07) is 13.6. The minimum Gasteiger partial charge on any atom is -0.0696 e. The lowest BCUT2D eigenvalue weighted by atomic mass is 9.76. The molecule has 0 saturated carbocycles. The van der Waals surface area contributed by atoms with E-state index in [4.69, 9.17) is 0 Å². The van der Waals surface area contributed by atoms with Crippen LogP contribution in [0.4, 0.5) is 0 Å². The lowest BCUT2D eigenvalue weighted by molar-refractivity contribution is 0.665. The smallest absolute Gasteiger partial charge is 0.0146 e. The van der Waals surface area contributed by atoms with E-state index >= 15 is 0 Å². The highest BCUT2D eigenvalue weighted by Crippen LogP contribution is 2.40. The third kappa shape index (κ3) is 1.67. The molecule has 0 aliphatic heterocycles. The highest BCUT2D eigenvalue weighted by molar-refractivity contribution is 5.77. The van der Waals surface area contributed by atoms with Gasteiger partial charge in [-0.3, -0.25) is 0 Å². The lowest BCUT2D eigenvalue weighted by Gasteiger charge is -2.28. The van der Waals surface area contributed by atoms with Crippen LogP contribution in [0.25, 0.3) is 17.2 Å². The Morgan fingerprint density at radius 1 is 0.900 bits per heavy atom. The number of hydrogen-bond acceptors (Lipinski definition) is 0. The lowest BCUT2D eigenvalue weighted by Crippen LogP contribution is -2.14. The van der Waals surface area contributed by atoms with E-state index in [1.165, 1.54) is 47.1 Å². The Morgan fingerprint density at radius 3 is 2.65 bits per heavy atom. The van der Waals surface area contributed by atoms with E-state index in [0.29, 0.717) is 5.92 Å². The molecule has 0 bridgehead atoms. The molecule has 0 nitrogen and oxygen atoms in total. The average Bonchev–Trinajstić information content (AvgIpc) is 2.48. The fourth-order valence-corrected chi connectivity index (χ4v) is 3.74. The van der Waals surface area contributed by atoms with Crippen LogP contribution in [0.2, 0.25) is 0 Å². The molecule has 1 unspecified atom stereocenters. The van der Waals surface area contributed by atoms with Gasteiger partial charge in [-0.15, -0.1) is 0 Å². The van der Waals surface area contributed by atoms with Gasteiger partial charge in [-0.2, -0.15) is 0 Å². The fourth-order valence-electron chi connectivity index (χ4n) is 3.74. The molecule has 100 valence electrons. The summed E-state index contributed by atoms with van der Waals surface area (Å²) >= 11 is 0. The molecule has 4 rings (SSSR count). The first-order valence-electron chi connectivity index (χ1n) is 7.65. The van der Waals surface area contributed by atoms with Crippen molar-refractivity contribution in [1.82, 2.24) is 0 Å². The summed E-state index contributed by atoms with van der Waals surface area (Å²) in [5.41, 5.74) is 10.6. The molecule has 2 aliphatic rings. The van der Waals surface area contributed by atoms with Crippen molar-refractivity contribution in [3.63, 3.8) is 0 Å². The highest BCUT2D eigenvalue weighted by Gasteiger charge is 2.23. The largest absolute Gasteiger partial charge is 0.0696 e. The second-order valence-corrected chi connectivity index (χ2v) is 6.31. The predicted molar refractivity (Wildman–Crippen MR) is 85.8 cm³/mol. The van der Waals surface area contributed by atoms with Crippen molar-refractivity contribution in [3.8, 4) is 11.1 Å². The molecular formula is C20H20. The third-order valence-corrected chi connectivity index (χ3v) is 5.09. The predicted octanol–water partition coefficient (Wildman–Crippen LogP) is 5.05. The highest BCUT2D eigenvalue weighted by atomic mass is 14.3. The van der Waals surface area contributed by atoms with Gasteiger partial charge >= 0.3 is 0 Å². The van der Waals surface area contributed by atoms with Crippen LogP contribution in [0, 0.1) is 5.92 Å². The van der Waals surface area contributed by atoms with Gasteiger partial charge in [-0.1, -0.05) is 55.0 Å². The number of rotatable bonds is 0. The quantitative estimate of drug-likeness (QED) is 0.622. The molecule has 0 amide bonds. The molecule has 0 N–H and O–H groups in total. The molecule has 2 aliphatic carbocycles. The van der Waals surface area contributed by atoms with E-state index in [-0.39, 0.29) is 0 Å². The van der Waals surface area contributed by atoms with Crippen LogP contribution < -0.4 is 0 Å². The Labute approximate surface area is 121 Å². The molecule has 0 heterocycles. The Morgan fingerprint density at radius 2 is 1.75 bits per heavy atom. The summed E-state index contributed by atoms with van der Waals surface area (Å²) in [4.78, 5) is 0. The van der Waals surface area contributed by atoms with E-state index in [0.717, 1.165) is 0 Å². The standard InChI is InChI=1S/C20H20/c1-13-11-16-8-10-18-17-6-4-3-5-15(17)7-9-19(18)20(16)12-14(13)2/h3-6,8,10-11,14H,7,9,12H2,1-2H3. The Bertz CT molecular complexity index is 719. The normalized spacial score (nSPS) is 19.7. The van der Waals surface area contributed by atoms with Gasteiger partial charge in [0.15, 0.2) is 0 Å². The van der Waals surface area contributed by atoms with Crippen LogP contribution in [-0.4, -0.2) is 0 Å². The minimum absolute atomic E-state index is 0.686. The molecular weight excluding hydrogens is 240 g/mol. The van der Waals surface area contributed by atoms with Crippen molar-refractivity contribution in [3.05, 3.63) is 64.2 Å². The number of benzene rings is 2. The zero-order valence-corrected chi connectivity index (χ0v) is 12.2. The second kappa shape index (κ2) is 4.34. The van der Waals surface area contributed by atoms with Gasteiger partial charge in [-0.25, -0.2) is 0 Å². The first kappa shape index (κ1) is 12.0. The maximum absolute atomic E-state index is 2.39. The van der Waals surface area contributed by atoms with Gasteiger partial charge in [0.1, 0.15) is 0 Å². The van der Waals surface area contributed by atoms with Crippen molar-refractivity contribution in [2.45, 2.75) is 33.1 Å². The van der Waals surface area contributed by atoms with Crippen LogP contribution >= 0.6 is 0 Å². The monoisotopic (exact) mass is 260 g/mol. The minimum atomic E-state index is 0.686. The molecule has 0 spiro atoms. The maximum atomic E-state index is 2.39. The first-order chi connectivity index (χ1) is 9.74. The number of hydrogen-bond donors (Lipinski definition) is 0. The molecule has 0 aromatic heterocycles. The average molecular weight is 260 g/mol. The van der Waals surface area contributed by atoms with Crippen LogP contribution in [0.5, 0.6) is 0 Å². The number of allylic oxidation sites excluding steroid dienone is 1. The molecule has 2 aromatic carbocycles. The van der Waals surface area contributed by atoms with Gasteiger partial charge in [0.05, 0.1) is 0 Å². The van der Waals surface area contributed by atoms with Crippen molar-refractivity contribution >= 4 is 6.08 Å². The van der Waals surface area contributed by atoms with E-state index in [9.17, 15) is 0 Å².